The summed E-state index contributed by atoms with van der Waals surface area (Å²) in [5.41, 5.74) is 2.51. The fourth-order valence-corrected chi connectivity index (χ4v) is 2.43. The minimum atomic E-state index is 0.369. The van der Waals surface area contributed by atoms with Gasteiger partial charge in [0.25, 0.3) is 0 Å². The van der Waals surface area contributed by atoms with Crippen LogP contribution in [0.3, 0.4) is 0 Å². The molecule has 0 unspecified atom stereocenters. The maximum atomic E-state index is 5.92. The van der Waals surface area contributed by atoms with E-state index in [9.17, 15) is 0 Å². The van der Waals surface area contributed by atoms with Crippen LogP contribution in [0.2, 0.25) is 0 Å². The number of ether oxygens (including phenoxy) is 1. The fourth-order valence-electron chi connectivity index (χ4n) is 2.43. The molecule has 1 nitrogen and oxygen atoms in total. The minimum absolute atomic E-state index is 0.369. The lowest BCUT2D eigenvalue weighted by molar-refractivity contribution is 0.446. The van der Waals surface area contributed by atoms with Crippen LogP contribution >= 0.6 is 0 Å². The Hall–Kier alpha value is -2.02. The van der Waals surface area contributed by atoms with Gasteiger partial charge in [-0.2, -0.15) is 0 Å². The first-order valence-corrected chi connectivity index (χ1v) is 5.87. The minimum Gasteiger partial charge on any atom is -0.457 e. The second-order valence-electron chi connectivity index (χ2n) is 4.25. The Labute approximate surface area is 101 Å². The van der Waals surface area contributed by atoms with Crippen LogP contribution in [0.25, 0.3) is 0 Å². The van der Waals surface area contributed by atoms with E-state index >= 15 is 0 Å². The standard InChI is InChI=1S/C16H14O/c1-2-7-12-13-8-3-5-10-15(13)17-16-11-6-4-9-14(12)16/h2-6,8-12H,1,7H2. The van der Waals surface area contributed by atoms with Crippen molar-refractivity contribution in [3.63, 3.8) is 0 Å². The third-order valence-electron chi connectivity index (χ3n) is 3.21. The number of fused-ring (bicyclic) bond motifs is 2. The van der Waals surface area contributed by atoms with E-state index in [1.54, 1.807) is 0 Å². The molecule has 2 aromatic rings. The Morgan fingerprint density at radius 1 is 0.941 bits per heavy atom. The van der Waals surface area contributed by atoms with Gasteiger partial charge in [0.05, 0.1) is 0 Å². The molecule has 0 amide bonds. The smallest absolute Gasteiger partial charge is 0.131 e. The molecule has 1 aliphatic heterocycles. The Kier molecular flexibility index (Phi) is 2.45. The highest BCUT2D eigenvalue weighted by Crippen LogP contribution is 2.45. The summed E-state index contributed by atoms with van der Waals surface area (Å²) in [5, 5.41) is 0. The van der Waals surface area contributed by atoms with Gasteiger partial charge in [-0.1, -0.05) is 42.5 Å². The monoisotopic (exact) mass is 222 g/mol. The van der Waals surface area contributed by atoms with Crippen LogP contribution in [0.1, 0.15) is 23.5 Å². The lowest BCUT2D eigenvalue weighted by Gasteiger charge is -2.27. The number of para-hydroxylation sites is 2. The first-order chi connectivity index (χ1) is 8.40. The van der Waals surface area contributed by atoms with Gasteiger partial charge in [0, 0.05) is 17.0 Å². The van der Waals surface area contributed by atoms with Crippen molar-refractivity contribution in [3.05, 3.63) is 72.3 Å². The molecule has 0 fully saturated rings. The average Bonchev–Trinajstić information content (AvgIpc) is 2.39. The molecule has 1 aliphatic rings. The third-order valence-corrected chi connectivity index (χ3v) is 3.21. The van der Waals surface area contributed by atoms with Crippen LogP contribution in [-0.4, -0.2) is 0 Å². The fraction of sp³-hybridized carbons (Fsp3) is 0.125. The van der Waals surface area contributed by atoms with Crippen LogP contribution in [0.4, 0.5) is 0 Å². The quantitative estimate of drug-likeness (QED) is 0.680. The lowest BCUT2D eigenvalue weighted by Crippen LogP contribution is -2.09. The van der Waals surface area contributed by atoms with Gasteiger partial charge in [0.1, 0.15) is 11.5 Å². The molecule has 0 aliphatic carbocycles. The summed E-state index contributed by atoms with van der Waals surface area (Å²) in [5.74, 6) is 2.31. The summed E-state index contributed by atoms with van der Waals surface area (Å²) in [6, 6.07) is 16.5. The van der Waals surface area contributed by atoms with Gasteiger partial charge in [0.15, 0.2) is 0 Å². The SMILES string of the molecule is C=CCC1c2ccccc2Oc2ccccc21. The molecule has 0 saturated carbocycles. The second-order valence-corrected chi connectivity index (χ2v) is 4.25. The van der Waals surface area contributed by atoms with Gasteiger partial charge >= 0.3 is 0 Å². The molecule has 84 valence electrons. The molecule has 2 aromatic carbocycles. The Bertz CT molecular complexity index is 511. The second kappa shape index (κ2) is 4.10. The molecule has 0 N–H and O–H groups in total. The Morgan fingerprint density at radius 3 is 2.00 bits per heavy atom. The van der Waals surface area contributed by atoms with E-state index in [1.807, 2.05) is 30.3 Å². The van der Waals surface area contributed by atoms with Gasteiger partial charge in [-0.15, -0.1) is 6.58 Å². The zero-order chi connectivity index (χ0) is 11.7. The van der Waals surface area contributed by atoms with Crippen molar-refractivity contribution in [2.75, 3.05) is 0 Å². The van der Waals surface area contributed by atoms with Gasteiger partial charge in [-0.25, -0.2) is 0 Å². The van der Waals surface area contributed by atoms with E-state index in [0.717, 1.165) is 17.9 Å². The molecular weight excluding hydrogens is 208 g/mol. The highest BCUT2D eigenvalue weighted by molar-refractivity contribution is 5.53. The largest absolute Gasteiger partial charge is 0.457 e. The van der Waals surface area contributed by atoms with Gasteiger partial charge < -0.3 is 4.74 Å². The van der Waals surface area contributed by atoms with Crippen molar-refractivity contribution in [2.24, 2.45) is 0 Å². The van der Waals surface area contributed by atoms with Crippen molar-refractivity contribution < 1.29 is 4.74 Å². The lowest BCUT2D eigenvalue weighted by atomic mass is 9.86. The Morgan fingerprint density at radius 2 is 1.47 bits per heavy atom. The maximum absolute atomic E-state index is 5.92. The van der Waals surface area contributed by atoms with E-state index in [2.05, 4.69) is 30.8 Å². The average molecular weight is 222 g/mol. The van der Waals surface area contributed by atoms with Gasteiger partial charge in [0.2, 0.25) is 0 Å². The highest BCUT2D eigenvalue weighted by atomic mass is 16.5. The number of hydrogen-bond donors (Lipinski definition) is 0. The number of rotatable bonds is 2. The molecule has 0 radical (unpaired) electrons. The predicted octanol–water partition coefficient (Wildman–Crippen LogP) is 4.50. The molecule has 1 heterocycles. The van der Waals surface area contributed by atoms with Gasteiger partial charge in [-0.3, -0.25) is 0 Å². The number of hydrogen-bond acceptors (Lipinski definition) is 1. The van der Waals surface area contributed by atoms with Crippen LogP contribution in [0.15, 0.2) is 61.2 Å². The number of allylic oxidation sites excluding steroid dienone is 1. The molecule has 3 rings (SSSR count). The van der Waals surface area contributed by atoms with E-state index < -0.39 is 0 Å². The summed E-state index contributed by atoms with van der Waals surface area (Å²) in [6.07, 6.45) is 2.92. The van der Waals surface area contributed by atoms with Crippen LogP contribution in [0.5, 0.6) is 11.5 Å². The topological polar surface area (TPSA) is 9.23 Å². The zero-order valence-corrected chi connectivity index (χ0v) is 9.60. The molecule has 17 heavy (non-hydrogen) atoms. The predicted molar refractivity (Wildman–Crippen MR) is 69.6 cm³/mol. The van der Waals surface area contributed by atoms with E-state index in [1.165, 1.54) is 11.1 Å². The number of benzene rings is 2. The maximum Gasteiger partial charge on any atom is 0.131 e. The summed E-state index contributed by atoms with van der Waals surface area (Å²) in [7, 11) is 0. The highest BCUT2D eigenvalue weighted by Gasteiger charge is 2.25. The first-order valence-electron chi connectivity index (χ1n) is 5.87. The summed E-state index contributed by atoms with van der Waals surface area (Å²) in [6.45, 7) is 3.86. The van der Waals surface area contributed by atoms with Crippen molar-refractivity contribution >= 4 is 0 Å². The van der Waals surface area contributed by atoms with Crippen molar-refractivity contribution in [2.45, 2.75) is 12.3 Å². The van der Waals surface area contributed by atoms with Crippen molar-refractivity contribution in [1.29, 1.82) is 0 Å². The Balaban J connectivity index is 2.16. The van der Waals surface area contributed by atoms with Gasteiger partial charge in [-0.05, 0) is 18.6 Å². The van der Waals surface area contributed by atoms with Crippen molar-refractivity contribution in [3.8, 4) is 11.5 Å². The zero-order valence-electron chi connectivity index (χ0n) is 9.60. The van der Waals surface area contributed by atoms with Crippen LogP contribution in [0, 0.1) is 0 Å². The van der Waals surface area contributed by atoms with Crippen LogP contribution < -0.4 is 4.74 Å². The normalized spacial score (nSPS) is 13.4. The molecule has 0 spiro atoms. The third kappa shape index (κ3) is 1.64. The summed E-state index contributed by atoms with van der Waals surface area (Å²) in [4.78, 5) is 0. The van der Waals surface area contributed by atoms with E-state index in [-0.39, 0.29) is 0 Å². The molecular formula is C16H14O. The molecule has 0 aromatic heterocycles. The van der Waals surface area contributed by atoms with E-state index in [0.29, 0.717) is 5.92 Å². The molecule has 1 heteroatoms. The molecule has 0 atom stereocenters. The van der Waals surface area contributed by atoms with Crippen molar-refractivity contribution in [1.82, 2.24) is 0 Å². The van der Waals surface area contributed by atoms with Crippen LogP contribution in [-0.2, 0) is 0 Å². The first kappa shape index (κ1) is 10.2. The summed E-state index contributed by atoms with van der Waals surface area (Å²) < 4.78 is 5.92. The summed E-state index contributed by atoms with van der Waals surface area (Å²) >= 11 is 0. The molecule has 0 bridgehead atoms. The molecule has 0 saturated heterocycles. The van der Waals surface area contributed by atoms with E-state index in [4.69, 9.17) is 4.74 Å².